The highest BCUT2D eigenvalue weighted by molar-refractivity contribution is 6.30. The zero-order valence-electron chi connectivity index (χ0n) is 9.02. The number of rotatable bonds is 3. The molecule has 15 heavy (non-hydrogen) atoms. The van der Waals surface area contributed by atoms with Crippen molar-refractivity contribution in [1.29, 1.82) is 0 Å². The summed E-state index contributed by atoms with van der Waals surface area (Å²) in [4.78, 5) is 2.41. The van der Waals surface area contributed by atoms with Crippen LogP contribution in [0.2, 0.25) is 5.15 Å². The Morgan fingerprint density at radius 3 is 2.80 bits per heavy atom. The normalized spacial score (nSPS) is 18.3. The Balaban J connectivity index is 2.04. The molecule has 1 saturated heterocycles. The van der Waals surface area contributed by atoms with Crippen LogP contribution in [-0.4, -0.2) is 41.3 Å². The van der Waals surface area contributed by atoms with Crippen molar-refractivity contribution in [3.05, 3.63) is 16.4 Å². The van der Waals surface area contributed by atoms with E-state index in [1.807, 2.05) is 0 Å². The van der Waals surface area contributed by atoms with Crippen LogP contribution in [0.5, 0.6) is 0 Å². The van der Waals surface area contributed by atoms with Crippen LogP contribution < -0.4 is 5.32 Å². The molecule has 2 rings (SSSR count). The van der Waals surface area contributed by atoms with Crippen molar-refractivity contribution < 1.29 is 0 Å². The van der Waals surface area contributed by atoms with Crippen molar-refractivity contribution in [2.45, 2.75) is 19.9 Å². The van der Waals surface area contributed by atoms with E-state index in [9.17, 15) is 0 Å². The van der Waals surface area contributed by atoms with E-state index >= 15 is 0 Å². The first kappa shape index (κ1) is 10.9. The van der Waals surface area contributed by atoms with Crippen molar-refractivity contribution >= 4 is 11.6 Å². The predicted octanol–water partition coefficient (Wildman–Crippen LogP) is 1.03. The zero-order valence-corrected chi connectivity index (χ0v) is 9.77. The lowest BCUT2D eigenvalue weighted by molar-refractivity contribution is 0.232. The molecule has 0 unspecified atom stereocenters. The van der Waals surface area contributed by atoms with E-state index in [0.29, 0.717) is 5.15 Å². The molecule has 1 fully saturated rings. The van der Waals surface area contributed by atoms with E-state index in [1.54, 1.807) is 0 Å². The standard InChI is InChI=1S/C10H17ClN4/c1-2-9-8(10(11)14-13-9)7-15-5-3-12-4-6-15/h12H,2-7H2,1H3,(H,13,14). The van der Waals surface area contributed by atoms with Crippen molar-refractivity contribution in [3.8, 4) is 0 Å². The third-order valence-corrected chi connectivity index (χ3v) is 3.16. The first-order valence-corrected chi connectivity index (χ1v) is 5.83. The zero-order chi connectivity index (χ0) is 10.7. The van der Waals surface area contributed by atoms with E-state index in [-0.39, 0.29) is 0 Å². The summed E-state index contributed by atoms with van der Waals surface area (Å²) in [6.07, 6.45) is 0.959. The molecule has 1 aromatic heterocycles. The molecular weight excluding hydrogens is 212 g/mol. The third kappa shape index (κ3) is 2.51. The van der Waals surface area contributed by atoms with Crippen LogP contribution in [0.4, 0.5) is 0 Å². The van der Waals surface area contributed by atoms with Gasteiger partial charge in [-0.05, 0) is 6.42 Å². The van der Waals surface area contributed by atoms with Gasteiger partial charge in [0, 0.05) is 44.0 Å². The lowest BCUT2D eigenvalue weighted by Crippen LogP contribution is -2.43. The van der Waals surface area contributed by atoms with Crippen LogP contribution in [0.1, 0.15) is 18.2 Å². The molecule has 0 saturated carbocycles. The maximum Gasteiger partial charge on any atom is 0.155 e. The molecule has 2 heterocycles. The molecule has 1 aromatic rings. The number of nitrogens with zero attached hydrogens (tertiary/aromatic N) is 2. The molecule has 0 radical (unpaired) electrons. The molecular formula is C10H17ClN4. The second kappa shape index (κ2) is 4.96. The van der Waals surface area contributed by atoms with Crippen molar-refractivity contribution in [2.24, 2.45) is 0 Å². The SMILES string of the molecule is CCc1[nH]nc(Cl)c1CN1CCNCC1. The lowest BCUT2D eigenvalue weighted by atomic mass is 10.2. The minimum atomic E-state index is 0.630. The van der Waals surface area contributed by atoms with Gasteiger partial charge < -0.3 is 5.32 Å². The summed E-state index contributed by atoms with van der Waals surface area (Å²) in [5.41, 5.74) is 2.33. The van der Waals surface area contributed by atoms with Crippen LogP contribution in [0.3, 0.4) is 0 Å². The van der Waals surface area contributed by atoms with E-state index < -0.39 is 0 Å². The minimum absolute atomic E-state index is 0.630. The molecule has 4 nitrogen and oxygen atoms in total. The molecule has 0 bridgehead atoms. The minimum Gasteiger partial charge on any atom is -0.314 e. The summed E-state index contributed by atoms with van der Waals surface area (Å²) in [5.74, 6) is 0. The second-order valence-corrected chi connectivity index (χ2v) is 4.21. The fraction of sp³-hybridized carbons (Fsp3) is 0.700. The predicted molar refractivity (Wildman–Crippen MR) is 61.1 cm³/mol. The van der Waals surface area contributed by atoms with Crippen LogP contribution in [-0.2, 0) is 13.0 Å². The lowest BCUT2D eigenvalue weighted by Gasteiger charge is -2.27. The second-order valence-electron chi connectivity index (χ2n) is 3.85. The average Bonchev–Trinajstić information content (AvgIpc) is 2.62. The van der Waals surface area contributed by atoms with E-state index in [0.717, 1.165) is 39.1 Å². The van der Waals surface area contributed by atoms with Gasteiger partial charge in [-0.1, -0.05) is 18.5 Å². The fourth-order valence-corrected chi connectivity index (χ4v) is 2.14. The molecule has 0 atom stereocenters. The van der Waals surface area contributed by atoms with Crippen LogP contribution in [0.15, 0.2) is 0 Å². The molecule has 1 aliphatic heterocycles. The van der Waals surface area contributed by atoms with Gasteiger partial charge in [-0.15, -0.1) is 0 Å². The Bertz CT molecular complexity index is 317. The van der Waals surface area contributed by atoms with Crippen molar-refractivity contribution in [3.63, 3.8) is 0 Å². The molecule has 0 aliphatic carbocycles. The van der Waals surface area contributed by atoms with Crippen molar-refractivity contribution in [1.82, 2.24) is 20.4 Å². The van der Waals surface area contributed by atoms with Crippen LogP contribution in [0.25, 0.3) is 0 Å². The Labute approximate surface area is 95.0 Å². The fourth-order valence-electron chi connectivity index (χ4n) is 1.92. The highest BCUT2D eigenvalue weighted by atomic mass is 35.5. The molecule has 2 N–H and O–H groups in total. The highest BCUT2D eigenvalue weighted by Gasteiger charge is 2.15. The number of hydrogen-bond acceptors (Lipinski definition) is 3. The van der Waals surface area contributed by atoms with Gasteiger partial charge in [0.25, 0.3) is 0 Å². The van der Waals surface area contributed by atoms with Crippen LogP contribution in [0, 0.1) is 0 Å². The van der Waals surface area contributed by atoms with Gasteiger partial charge in [-0.3, -0.25) is 10.00 Å². The van der Waals surface area contributed by atoms with E-state index in [1.165, 1.54) is 11.3 Å². The smallest absolute Gasteiger partial charge is 0.155 e. The largest absolute Gasteiger partial charge is 0.314 e. The number of aromatic nitrogens is 2. The molecule has 0 aromatic carbocycles. The van der Waals surface area contributed by atoms with Gasteiger partial charge in [0.2, 0.25) is 0 Å². The number of hydrogen-bond donors (Lipinski definition) is 2. The summed E-state index contributed by atoms with van der Waals surface area (Å²) in [6, 6.07) is 0. The third-order valence-electron chi connectivity index (χ3n) is 2.85. The monoisotopic (exact) mass is 228 g/mol. The Hall–Kier alpha value is -0.580. The molecule has 84 valence electrons. The summed E-state index contributed by atoms with van der Waals surface area (Å²) in [6.45, 7) is 7.34. The molecule has 0 spiro atoms. The van der Waals surface area contributed by atoms with Gasteiger partial charge in [0.05, 0.1) is 0 Å². The Morgan fingerprint density at radius 2 is 2.13 bits per heavy atom. The van der Waals surface area contributed by atoms with Gasteiger partial charge >= 0.3 is 0 Å². The highest BCUT2D eigenvalue weighted by Crippen LogP contribution is 2.19. The first-order valence-electron chi connectivity index (χ1n) is 5.46. The molecule has 0 amide bonds. The van der Waals surface area contributed by atoms with Gasteiger partial charge in [-0.2, -0.15) is 5.10 Å². The van der Waals surface area contributed by atoms with E-state index in [4.69, 9.17) is 11.6 Å². The molecule has 1 aliphatic rings. The Morgan fingerprint density at radius 1 is 1.40 bits per heavy atom. The number of piperazine rings is 1. The van der Waals surface area contributed by atoms with Gasteiger partial charge in [0.15, 0.2) is 5.15 Å². The average molecular weight is 229 g/mol. The summed E-state index contributed by atoms with van der Waals surface area (Å²) < 4.78 is 0. The maximum atomic E-state index is 6.06. The number of aryl methyl sites for hydroxylation is 1. The van der Waals surface area contributed by atoms with E-state index in [2.05, 4.69) is 27.3 Å². The van der Waals surface area contributed by atoms with Crippen LogP contribution >= 0.6 is 11.6 Å². The summed E-state index contributed by atoms with van der Waals surface area (Å²) in [7, 11) is 0. The molecule has 5 heteroatoms. The maximum absolute atomic E-state index is 6.06. The number of aromatic amines is 1. The first-order chi connectivity index (χ1) is 7.31. The van der Waals surface area contributed by atoms with Gasteiger partial charge in [-0.25, -0.2) is 0 Å². The summed E-state index contributed by atoms with van der Waals surface area (Å²) in [5, 5.41) is 11.0. The van der Waals surface area contributed by atoms with Gasteiger partial charge in [0.1, 0.15) is 0 Å². The van der Waals surface area contributed by atoms with Crippen molar-refractivity contribution in [2.75, 3.05) is 26.2 Å². The number of halogens is 1. The summed E-state index contributed by atoms with van der Waals surface area (Å²) >= 11 is 6.06. The number of H-pyrrole nitrogens is 1. The Kier molecular flexibility index (Phi) is 3.61. The quantitative estimate of drug-likeness (QED) is 0.813. The number of nitrogens with one attached hydrogen (secondary N) is 2. The topological polar surface area (TPSA) is 44.0 Å².